The van der Waals surface area contributed by atoms with Gasteiger partial charge in [0.05, 0.1) is 0 Å². The summed E-state index contributed by atoms with van der Waals surface area (Å²) in [5, 5.41) is 0. The topological polar surface area (TPSA) is 32.3 Å². The summed E-state index contributed by atoms with van der Waals surface area (Å²) in [6, 6.07) is 2.87. The Morgan fingerprint density at radius 2 is 1.86 bits per heavy atom. The first kappa shape index (κ1) is 14.8. The van der Waals surface area contributed by atoms with E-state index in [0.29, 0.717) is 5.92 Å². The van der Waals surface area contributed by atoms with Crippen LogP contribution in [0.5, 0.6) is 0 Å². The van der Waals surface area contributed by atoms with Gasteiger partial charge in [0.15, 0.2) is 0 Å². The Morgan fingerprint density at radius 1 is 1.05 bits per heavy atom. The van der Waals surface area contributed by atoms with Gasteiger partial charge in [-0.25, -0.2) is 9.97 Å². The smallest absolute Gasteiger partial charge is 0.133 e. The maximum absolute atomic E-state index is 4.76. The third kappa shape index (κ3) is 3.54. The molecule has 1 aromatic rings. The fourth-order valence-corrected chi connectivity index (χ4v) is 3.60. The van der Waals surface area contributed by atoms with Crippen LogP contribution in [0, 0.1) is 0 Å². The maximum Gasteiger partial charge on any atom is 0.133 e. The van der Waals surface area contributed by atoms with E-state index in [1.165, 1.54) is 45.2 Å². The van der Waals surface area contributed by atoms with E-state index < -0.39 is 0 Å². The Morgan fingerprint density at radius 3 is 2.62 bits per heavy atom. The van der Waals surface area contributed by atoms with Crippen LogP contribution in [0.15, 0.2) is 12.3 Å². The summed E-state index contributed by atoms with van der Waals surface area (Å²) in [5.41, 5.74) is 0. The third-order valence-corrected chi connectivity index (χ3v) is 4.85. The minimum atomic E-state index is 0.397. The molecule has 0 bridgehead atoms. The van der Waals surface area contributed by atoms with Crippen molar-refractivity contribution in [2.45, 2.75) is 57.9 Å². The van der Waals surface area contributed by atoms with Gasteiger partial charge in [0, 0.05) is 31.2 Å². The largest absolute Gasteiger partial charge is 0.356 e. The van der Waals surface area contributed by atoms with Gasteiger partial charge in [0.2, 0.25) is 0 Å². The highest BCUT2D eigenvalue weighted by molar-refractivity contribution is 5.37. The second kappa shape index (κ2) is 6.73. The molecule has 1 aromatic heterocycles. The van der Waals surface area contributed by atoms with Crippen molar-refractivity contribution in [3.05, 3.63) is 18.1 Å². The van der Waals surface area contributed by atoms with Crippen LogP contribution in [0.1, 0.15) is 57.7 Å². The molecule has 2 aliphatic rings. The minimum Gasteiger partial charge on any atom is -0.356 e. The van der Waals surface area contributed by atoms with Crippen LogP contribution in [-0.2, 0) is 0 Å². The lowest BCUT2D eigenvalue weighted by atomic mass is 10.1. The predicted molar refractivity (Wildman–Crippen MR) is 86.8 cm³/mol. The highest BCUT2D eigenvalue weighted by atomic mass is 15.2. The van der Waals surface area contributed by atoms with Crippen molar-refractivity contribution < 1.29 is 0 Å². The van der Waals surface area contributed by atoms with E-state index in [2.05, 4.69) is 34.7 Å². The summed E-state index contributed by atoms with van der Waals surface area (Å²) in [4.78, 5) is 14.3. The van der Waals surface area contributed by atoms with Gasteiger partial charge < -0.3 is 9.80 Å². The molecule has 4 nitrogen and oxygen atoms in total. The first-order chi connectivity index (χ1) is 10.2. The van der Waals surface area contributed by atoms with Crippen LogP contribution < -0.4 is 4.90 Å². The Labute approximate surface area is 128 Å². The average Bonchev–Trinajstić information content (AvgIpc) is 2.92. The van der Waals surface area contributed by atoms with E-state index in [0.717, 1.165) is 30.8 Å². The lowest BCUT2D eigenvalue weighted by molar-refractivity contribution is 0.225. The number of nitrogens with zero attached hydrogens (tertiary/aromatic N) is 4. The second-order valence-electron chi connectivity index (χ2n) is 6.74. The van der Waals surface area contributed by atoms with Gasteiger partial charge in [-0.3, -0.25) is 0 Å². The minimum absolute atomic E-state index is 0.397. The molecule has 0 aliphatic carbocycles. The van der Waals surface area contributed by atoms with Gasteiger partial charge in [0.25, 0.3) is 0 Å². The number of aromatic nitrogens is 2. The molecule has 2 saturated heterocycles. The number of anilines is 1. The molecule has 21 heavy (non-hydrogen) atoms. The first-order valence-electron chi connectivity index (χ1n) is 8.56. The van der Waals surface area contributed by atoms with Crippen molar-refractivity contribution in [1.82, 2.24) is 14.9 Å². The van der Waals surface area contributed by atoms with Crippen LogP contribution >= 0.6 is 0 Å². The predicted octanol–water partition coefficient (Wildman–Crippen LogP) is 3.05. The molecule has 2 fully saturated rings. The van der Waals surface area contributed by atoms with Gasteiger partial charge in [-0.1, -0.05) is 13.8 Å². The Kier molecular flexibility index (Phi) is 4.73. The van der Waals surface area contributed by atoms with E-state index in [9.17, 15) is 0 Å². The molecule has 0 spiro atoms. The maximum atomic E-state index is 4.76. The van der Waals surface area contributed by atoms with Crippen molar-refractivity contribution in [1.29, 1.82) is 0 Å². The zero-order valence-corrected chi connectivity index (χ0v) is 13.5. The number of hydrogen-bond acceptors (Lipinski definition) is 4. The molecule has 0 aromatic carbocycles. The fourth-order valence-electron chi connectivity index (χ4n) is 3.60. The molecule has 4 heteroatoms. The Bertz CT molecular complexity index is 454. The summed E-state index contributed by atoms with van der Waals surface area (Å²) in [6.45, 7) is 9.22. The highest BCUT2D eigenvalue weighted by Crippen LogP contribution is 2.24. The zero-order chi connectivity index (χ0) is 14.7. The monoisotopic (exact) mass is 288 g/mol. The van der Waals surface area contributed by atoms with Gasteiger partial charge in [-0.15, -0.1) is 0 Å². The Balaban J connectivity index is 1.65. The number of hydrogen-bond donors (Lipinski definition) is 0. The molecule has 3 rings (SSSR count). The summed E-state index contributed by atoms with van der Waals surface area (Å²) < 4.78 is 0. The fraction of sp³-hybridized carbons (Fsp3) is 0.765. The van der Waals surface area contributed by atoms with Gasteiger partial charge in [-0.05, 0) is 51.3 Å². The lowest BCUT2D eigenvalue weighted by Crippen LogP contribution is -2.34. The summed E-state index contributed by atoms with van der Waals surface area (Å²) in [6.07, 6.45) is 8.61. The lowest BCUT2D eigenvalue weighted by Gasteiger charge is -2.26. The summed E-state index contributed by atoms with van der Waals surface area (Å²) in [5.74, 6) is 2.48. The van der Waals surface area contributed by atoms with Gasteiger partial charge in [-0.2, -0.15) is 0 Å². The summed E-state index contributed by atoms with van der Waals surface area (Å²) >= 11 is 0. The van der Waals surface area contributed by atoms with Crippen LogP contribution in [0.4, 0.5) is 5.82 Å². The highest BCUT2D eigenvalue weighted by Gasteiger charge is 2.25. The van der Waals surface area contributed by atoms with E-state index in [-0.39, 0.29) is 0 Å². The molecule has 0 N–H and O–H groups in total. The molecule has 1 atom stereocenters. The van der Waals surface area contributed by atoms with Crippen LogP contribution in [0.3, 0.4) is 0 Å². The molecule has 2 aliphatic heterocycles. The first-order valence-corrected chi connectivity index (χ1v) is 8.56. The van der Waals surface area contributed by atoms with Crippen molar-refractivity contribution in [3.8, 4) is 0 Å². The second-order valence-corrected chi connectivity index (χ2v) is 6.74. The van der Waals surface area contributed by atoms with Crippen molar-refractivity contribution in [2.24, 2.45) is 0 Å². The van der Waals surface area contributed by atoms with E-state index >= 15 is 0 Å². The van der Waals surface area contributed by atoms with Crippen molar-refractivity contribution >= 4 is 5.82 Å². The molecule has 1 unspecified atom stereocenters. The SMILES string of the molecule is CC(C)c1nccc(N2CCCC(N3CCCC3)CC2)n1. The van der Waals surface area contributed by atoms with Crippen molar-refractivity contribution in [3.63, 3.8) is 0 Å². The van der Waals surface area contributed by atoms with Crippen LogP contribution in [0.2, 0.25) is 0 Å². The molecular formula is C17H28N4. The zero-order valence-electron chi connectivity index (χ0n) is 13.5. The third-order valence-electron chi connectivity index (χ3n) is 4.85. The van der Waals surface area contributed by atoms with Gasteiger partial charge in [0.1, 0.15) is 11.6 Å². The Hall–Kier alpha value is -1.16. The van der Waals surface area contributed by atoms with E-state index in [1.807, 2.05) is 6.20 Å². The van der Waals surface area contributed by atoms with E-state index in [4.69, 9.17) is 4.98 Å². The molecule has 0 radical (unpaired) electrons. The normalized spacial score (nSPS) is 24.5. The van der Waals surface area contributed by atoms with Crippen LogP contribution in [0.25, 0.3) is 0 Å². The molecule has 0 amide bonds. The van der Waals surface area contributed by atoms with Crippen molar-refractivity contribution in [2.75, 3.05) is 31.1 Å². The number of likely N-dealkylation sites (tertiary alicyclic amines) is 1. The molecule has 0 saturated carbocycles. The number of rotatable bonds is 3. The summed E-state index contributed by atoms with van der Waals surface area (Å²) in [7, 11) is 0. The molecule has 3 heterocycles. The molecule has 116 valence electrons. The molecular weight excluding hydrogens is 260 g/mol. The quantitative estimate of drug-likeness (QED) is 0.855. The van der Waals surface area contributed by atoms with E-state index in [1.54, 1.807) is 0 Å². The van der Waals surface area contributed by atoms with Gasteiger partial charge >= 0.3 is 0 Å². The van der Waals surface area contributed by atoms with Crippen LogP contribution in [-0.4, -0.2) is 47.1 Å². The average molecular weight is 288 g/mol. The standard InChI is InChI=1S/C17H28N4/c1-14(2)17-18-9-7-16(19-17)21-12-5-6-15(8-13-21)20-10-3-4-11-20/h7,9,14-15H,3-6,8,10-13H2,1-2H3.